The average molecular weight is 345 g/mol. The number of hydrogen-bond donors (Lipinski definition) is 0. The Balaban J connectivity index is 1.70. The summed E-state index contributed by atoms with van der Waals surface area (Å²) < 4.78 is 13.0. The molecule has 0 aliphatic heterocycles. The number of rotatable bonds is 7. The molecule has 0 atom stereocenters. The molecule has 126 valence electrons. The normalized spacial score (nSPS) is 11.2. The summed E-state index contributed by atoms with van der Waals surface area (Å²) in [6, 6.07) is 7.70. The molecule has 7 nitrogen and oxygen atoms in total. The van der Waals surface area contributed by atoms with Gasteiger partial charge < -0.3 is 9.15 Å². The fraction of sp³-hybridized carbons (Fsp3) is 0.375. The highest BCUT2D eigenvalue weighted by atomic mass is 32.2. The Bertz CT molecular complexity index is 799. The van der Waals surface area contributed by atoms with Crippen LogP contribution in [-0.4, -0.2) is 32.3 Å². The lowest BCUT2D eigenvalue weighted by molar-refractivity contribution is 0.414. The molecule has 2 aromatic heterocycles. The van der Waals surface area contributed by atoms with Crippen molar-refractivity contribution >= 4 is 11.8 Å². The van der Waals surface area contributed by atoms with E-state index < -0.39 is 0 Å². The first-order valence-corrected chi connectivity index (χ1v) is 8.63. The summed E-state index contributed by atoms with van der Waals surface area (Å²) in [6.07, 6.45) is 1.71. The van der Waals surface area contributed by atoms with E-state index in [1.54, 1.807) is 18.0 Å². The molecule has 0 N–H and O–H groups in total. The van der Waals surface area contributed by atoms with Crippen LogP contribution in [0, 0.1) is 5.92 Å². The molecule has 0 amide bonds. The van der Waals surface area contributed by atoms with E-state index in [2.05, 4.69) is 34.4 Å². The number of tetrazole rings is 1. The Morgan fingerprint density at radius 1 is 1.29 bits per heavy atom. The molecule has 0 radical (unpaired) electrons. The Morgan fingerprint density at radius 3 is 2.92 bits per heavy atom. The van der Waals surface area contributed by atoms with E-state index in [9.17, 15) is 0 Å². The quantitative estimate of drug-likeness (QED) is 0.608. The molecule has 1 aromatic carbocycles. The van der Waals surface area contributed by atoms with Crippen molar-refractivity contribution in [2.45, 2.75) is 31.3 Å². The van der Waals surface area contributed by atoms with Crippen LogP contribution in [0.15, 0.2) is 40.0 Å². The lowest BCUT2D eigenvalue weighted by Gasteiger charge is -2.05. The maximum atomic E-state index is 5.84. The highest BCUT2D eigenvalue weighted by Crippen LogP contribution is 2.31. The predicted octanol–water partition coefficient (Wildman–Crippen LogP) is 3.29. The number of aromatic nitrogens is 5. The Kier molecular flexibility index (Phi) is 5.14. The molecular formula is C16H19N5O2S. The smallest absolute Gasteiger partial charge is 0.209 e. The summed E-state index contributed by atoms with van der Waals surface area (Å²) in [5.41, 5.74) is 0.883. The molecule has 2 heterocycles. The third kappa shape index (κ3) is 3.76. The van der Waals surface area contributed by atoms with Crippen molar-refractivity contribution in [1.29, 1.82) is 0 Å². The lowest BCUT2D eigenvalue weighted by atomic mass is 10.1. The SMILES string of the molecule is COc1ccccc1-c1cnc(CSc2nnnn2CC(C)C)o1. The van der Waals surface area contributed by atoms with Gasteiger partial charge in [-0.05, 0) is 28.5 Å². The molecule has 0 fully saturated rings. The number of nitrogens with zero attached hydrogens (tertiary/aromatic N) is 5. The van der Waals surface area contributed by atoms with Crippen molar-refractivity contribution in [3.05, 3.63) is 36.4 Å². The molecule has 8 heteroatoms. The maximum absolute atomic E-state index is 5.84. The minimum Gasteiger partial charge on any atom is -0.496 e. The predicted molar refractivity (Wildman–Crippen MR) is 90.7 cm³/mol. The van der Waals surface area contributed by atoms with Gasteiger partial charge in [-0.2, -0.15) is 0 Å². The van der Waals surface area contributed by atoms with Crippen LogP contribution in [0.5, 0.6) is 5.75 Å². The van der Waals surface area contributed by atoms with Gasteiger partial charge in [0.1, 0.15) is 5.75 Å². The van der Waals surface area contributed by atoms with Gasteiger partial charge in [-0.15, -0.1) is 5.10 Å². The molecular weight excluding hydrogens is 326 g/mol. The second-order valence-corrected chi connectivity index (χ2v) is 6.59. The van der Waals surface area contributed by atoms with E-state index in [-0.39, 0.29) is 0 Å². The van der Waals surface area contributed by atoms with E-state index in [1.165, 1.54) is 11.8 Å². The molecule has 0 saturated carbocycles. The largest absolute Gasteiger partial charge is 0.496 e. The number of benzene rings is 1. The van der Waals surface area contributed by atoms with E-state index in [4.69, 9.17) is 9.15 Å². The molecule has 0 unspecified atom stereocenters. The summed E-state index contributed by atoms with van der Waals surface area (Å²) in [5, 5.41) is 12.6. The summed E-state index contributed by atoms with van der Waals surface area (Å²) in [6.45, 7) is 5.04. The van der Waals surface area contributed by atoms with Crippen LogP contribution in [0.3, 0.4) is 0 Å². The Hall–Kier alpha value is -2.35. The van der Waals surface area contributed by atoms with Gasteiger partial charge in [0.15, 0.2) is 5.76 Å². The molecule has 0 spiro atoms. The zero-order chi connectivity index (χ0) is 16.9. The first kappa shape index (κ1) is 16.5. The zero-order valence-corrected chi connectivity index (χ0v) is 14.7. The molecule has 0 aliphatic carbocycles. The monoisotopic (exact) mass is 345 g/mol. The highest BCUT2D eigenvalue weighted by Gasteiger charge is 2.13. The third-order valence-corrected chi connectivity index (χ3v) is 4.23. The van der Waals surface area contributed by atoms with Crippen molar-refractivity contribution in [3.63, 3.8) is 0 Å². The van der Waals surface area contributed by atoms with Gasteiger partial charge in [0, 0.05) is 6.54 Å². The first-order chi connectivity index (χ1) is 11.7. The standard InChI is InChI=1S/C16H19N5O2S/c1-11(2)9-21-16(18-19-20-21)24-10-15-17-8-14(23-15)12-6-4-5-7-13(12)22-3/h4-8,11H,9-10H2,1-3H3. The van der Waals surface area contributed by atoms with Crippen molar-refractivity contribution in [2.75, 3.05) is 7.11 Å². The average Bonchev–Trinajstić information content (AvgIpc) is 3.21. The third-order valence-electron chi connectivity index (χ3n) is 3.29. The zero-order valence-electron chi connectivity index (χ0n) is 13.8. The molecule has 0 bridgehead atoms. The van der Waals surface area contributed by atoms with Gasteiger partial charge in [0.25, 0.3) is 0 Å². The van der Waals surface area contributed by atoms with Crippen LogP contribution < -0.4 is 4.74 Å². The van der Waals surface area contributed by atoms with Crippen molar-refractivity contribution < 1.29 is 9.15 Å². The molecule has 0 aliphatic rings. The molecule has 24 heavy (non-hydrogen) atoms. The molecule has 0 saturated heterocycles. The summed E-state index contributed by atoms with van der Waals surface area (Å²) in [7, 11) is 1.64. The van der Waals surface area contributed by atoms with Crippen LogP contribution in [0.25, 0.3) is 11.3 Å². The van der Waals surface area contributed by atoms with Crippen LogP contribution in [0.4, 0.5) is 0 Å². The van der Waals surface area contributed by atoms with Crippen molar-refractivity contribution in [1.82, 2.24) is 25.2 Å². The number of ether oxygens (including phenoxy) is 1. The second kappa shape index (κ2) is 7.48. The van der Waals surface area contributed by atoms with Gasteiger partial charge in [-0.1, -0.05) is 37.7 Å². The van der Waals surface area contributed by atoms with E-state index in [1.807, 2.05) is 24.3 Å². The van der Waals surface area contributed by atoms with Crippen LogP contribution in [0.2, 0.25) is 0 Å². The van der Waals surface area contributed by atoms with Crippen molar-refractivity contribution in [3.8, 4) is 17.1 Å². The topological polar surface area (TPSA) is 78.9 Å². The minimum atomic E-state index is 0.478. The molecule has 3 rings (SSSR count). The van der Waals surface area contributed by atoms with Crippen LogP contribution in [0.1, 0.15) is 19.7 Å². The van der Waals surface area contributed by atoms with Gasteiger partial charge in [0.05, 0.1) is 24.6 Å². The van der Waals surface area contributed by atoms with E-state index >= 15 is 0 Å². The second-order valence-electron chi connectivity index (χ2n) is 5.64. The lowest BCUT2D eigenvalue weighted by Crippen LogP contribution is -2.07. The van der Waals surface area contributed by atoms with E-state index in [0.717, 1.165) is 23.0 Å². The number of oxazole rings is 1. The number of methoxy groups -OCH3 is 1. The minimum absolute atomic E-state index is 0.478. The van der Waals surface area contributed by atoms with Gasteiger partial charge in [-0.3, -0.25) is 0 Å². The first-order valence-electron chi connectivity index (χ1n) is 7.64. The number of para-hydroxylation sites is 1. The van der Waals surface area contributed by atoms with Gasteiger partial charge in [0.2, 0.25) is 11.0 Å². The fourth-order valence-electron chi connectivity index (χ4n) is 2.24. The number of thioether (sulfide) groups is 1. The molecule has 3 aromatic rings. The fourth-order valence-corrected chi connectivity index (χ4v) is 2.98. The van der Waals surface area contributed by atoms with Gasteiger partial charge in [-0.25, -0.2) is 9.67 Å². The van der Waals surface area contributed by atoms with Crippen LogP contribution >= 0.6 is 11.8 Å². The van der Waals surface area contributed by atoms with Gasteiger partial charge >= 0.3 is 0 Å². The summed E-state index contributed by atoms with van der Waals surface area (Å²) >= 11 is 1.51. The Labute approximate surface area is 144 Å². The van der Waals surface area contributed by atoms with E-state index in [0.29, 0.717) is 23.3 Å². The number of hydrogen-bond acceptors (Lipinski definition) is 7. The van der Waals surface area contributed by atoms with Crippen LogP contribution in [-0.2, 0) is 12.3 Å². The van der Waals surface area contributed by atoms with Crippen molar-refractivity contribution in [2.24, 2.45) is 5.92 Å². The maximum Gasteiger partial charge on any atom is 0.209 e. The summed E-state index contributed by atoms with van der Waals surface area (Å²) in [4.78, 5) is 4.34. The summed E-state index contributed by atoms with van der Waals surface area (Å²) in [5.74, 6) is 3.11. The Morgan fingerprint density at radius 2 is 2.12 bits per heavy atom. The highest BCUT2D eigenvalue weighted by molar-refractivity contribution is 7.98.